The molecule has 1 N–H and O–H groups in total. The van der Waals surface area contributed by atoms with Gasteiger partial charge in [-0.25, -0.2) is 0 Å². The van der Waals surface area contributed by atoms with Crippen molar-refractivity contribution in [3.8, 4) is 0 Å². The van der Waals surface area contributed by atoms with E-state index in [9.17, 15) is 5.11 Å². The van der Waals surface area contributed by atoms with E-state index >= 15 is 0 Å². The molecule has 1 nitrogen and oxygen atoms in total. The minimum absolute atomic E-state index is 0.266. The van der Waals surface area contributed by atoms with Gasteiger partial charge in [0.2, 0.25) is 0 Å². The second-order valence-corrected chi connectivity index (χ2v) is 6.37. The third-order valence-electron chi connectivity index (χ3n) is 3.74. The molecule has 2 heteroatoms. The van der Waals surface area contributed by atoms with Crippen LogP contribution in [0.4, 0.5) is 0 Å². The van der Waals surface area contributed by atoms with Crippen molar-refractivity contribution < 1.29 is 5.11 Å². The molecule has 1 saturated heterocycles. The van der Waals surface area contributed by atoms with Crippen molar-refractivity contribution in [3.63, 3.8) is 0 Å². The van der Waals surface area contributed by atoms with E-state index in [0.29, 0.717) is 0 Å². The molecular formula is C12H22OS. The first kappa shape index (κ1) is 10.8. The SMILES string of the molecule is OC1(CCC2CCCCS2)CCCC1. The van der Waals surface area contributed by atoms with Gasteiger partial charge in [0.15, 0.2) is 0 Å². The summed E-state index contributed by atoms with van der Waals surface area (Å²) < 4.78 is 0. The summed E-state index contributed by atoms with van der Waals surface area (Å²) in [4.78, 5) is 0. The van der Waals surface area contributed by atoms with Gasteiger partial charge in [0, 0.05) is 5.25 Å². The molecule has 0 spiro atoms. The summed E-state index contributed by atoms with van der Waals surface area (Å²) >= 11 is 2.13. The number of thioether (sulfide) groups is 1. The van der Waals surface area contributed by atoms with E-state index in [1.54, 1.807) is 0 Å². The zero-order chi connectivity index (χ0) is 9.86. The highest BCUT2D eigenvalue weighted by atomic mass is 32.2. The van der Waals surface area contributed by atoms with E-state index in [1.807, 2.05) is 0 Å². The second-order valence-electron chi connectivity index (χ2n) is 4.96. The normalized spacial score (nSPS) is 31.9. The fourth-order valence-electron chi connectivity index (χ4n) is 2.75. The van der Waals surface area contributed by atoms with Gasteiger partial charge in [0.05, 0.1) is 5.60 Å². The van der Waals surface area contributed by atoms with E-state index in [0.717, 1.165) is 24.5 Å². The van der Waals surface area contributed by atoms with Gasteiger partial charge >= 0.3 is 0 Å². The van der Waals surface area contributed by atoms with Gasteiger partial charge in [-0.1, -0.05) is 19.3 Å². The highest BCUT2D eigenvalue weighted by Crippen LogP contribution is 2.36. The summed E-state index contributed by atoms with van der Waals surface area (Å²) in [5.41, 5.74) is -0.266. The average Bonchev–Trinajstić information content (AvgIpc) is 2.65. The minimum atomic E-state index is -0.266. The summed E-state index contributed by atoms with van der Waals surface area (Å²) in [6.45, 7) is 0. The lowest BCUT2D eigenvalue weighted by Gasteiger charge is -2.27. The maximum Gasteiger partial charge on any atom is 0.0648 e. The number of rotatable bonds is 3. The van der Waals surface area contributed by atoms with Crippen LogP contribution in [-0.2, 0) is 0 Å². The van der Waals surface area contributed by atoms with Gasteiger partial charge < -0.3 is 5.11 Å². The van der Waals surface area contributed by atoms with E-state index in [-0.39, 0.29) is 5.60 Å². The van der Waals surface area contributed by atoms with Crippen molar-refractivity contribution in [2.75, 3.05) is 5.75 Å². The number of hydrogen-bond acceptors (Lipinski definition) is 2. The van der Waals surface area contributed by atoms with Crippen LogP contribution in [0.3, 0.4) is 0 Å². The van der Waals surface area contributed by atoms with Gasteiger partial charge in [0.25, 0.3) is 0 Å². The highest BCUT2D eigenvalue weighted by Gasteiger charge is 2.31. The topological polar surface area (TPSA) is 20.2 Å². The van der Waals surface area contributed by atoms with Gasteiger partial charge in [-0.2, -0.15) is 11.8 Å². The molecule has 82 valence electrons. The van der Waals surface area contributed by atoms with Crippen molar-refractivity contribution in [1.82, 2.24) is 0 Å². The molecule has 2 rings (SSSR count). The minimum Gasteiger partial charge on any atom is -0.390 e. The Balaban J connectivity index is 1.70. The Morgan fingerprint density at radius 2 is 1.93 bits per heavy atom. The zero-order valence-corrected chi connectivity index (χ0v) is 9.82. The van der Waals surface area contributed by atoms with Crippen molar-refractivity contribution in [2.45, 2.75) is 68.6 Å². The van der Waals surface area contributed by atoms with Gasteiger partial charge in [-0.15, -0.1) is 0 Å². The van der Waals surface area contributed by atoms with Crippen LogP contribution in [-0.4, -0.2) is 21.7 Å². The Hall–Kier alpha value is 0.310. The van der Waals surface area contributed by atoms with E-state index < -0.39 is 0 Å². The quantitative estimate of drug-likeness (QED) is 0.777. The molecule has 1 unspecified atom stereocenters. The number of aliphatic hydroxyl groups is 1. The van der Waals surface area contributed by atoms with Crippen molar-refractivity contribution in [2.24, 2.45) is 0 Å². The Bertz CT molecular complexity index is 169. The average molecular weight is 214 g/mol. The maximum absolute atomic E-state index is 10.2. The fraction of sp³-hybridized carbons (Fsp3) is 1.00. The molecule has 0 radical (unpaired) electrons. The van der Waals surface area contributed by atoms with Crippen LogP contribution in [0.15, 0.2) is 0 Å². The van der Waals surface area contributed by atoms with Crippen LogP contribution in [0.25, 0.3) is 0 Å². The van der Waals surface area contributed by atoms with Crippen LogP contribution in [0, 0.1) is 0 Å². The summed E-state index contributed by atoms with van der Waals surface area (Å²) in [5, 5.41) is 11.1. The molecule has 0 aromatic rings. The van der Waals surface area contributed by atoms with Crippen molar-refractivity contribution in [3.05, 3.63) is 0 Å². The maximum atomic E-state index is 10.2. The third kappa shape index (κ3) is 2.90. The molecule has 1 aliphatic carbocycles. The predicted molar refractivity (Wildman–Crippen MR) is 62.7 cm³/mol. The fourth-order valence-corrected chi connectivity index (χ4v) is 4.07. The van der Waals surface area contributed by atoms with E-state index in [2.05, 4.69) is 11.8 Å². The Labute approximate surface area is 91.7 Å². The monoisotopic (exact) mass is 214 g/mol. The predicted octanol–water partition coefficient (Wildman–Crippen LogP) is 3.36. The molecule has 14 heavy (non-hydrogen) atoms. The third-order valence-corrected chi connectivity index (χ3v) is 5.21. The van der Waals surface area contributed by atoms with Gasteiger partial charge in [0.1, 0.15) is 0 Å². The summed E-state index contributed by atoms with van der Waals surface area (Å²) in [6, 6.07) is 0. The van der Waals surface area contributed by atoms with Crippen LogP contribution < -0.4 is 0 Å². The van der Waals surface area contributed by atoms with E-state index in [1.165, 1.54) is 44.3 Å². The summed E-state index contributed by atoms with van der Waals surface area (Å²) in [7, 11) is 0. The van der Waals surface area contributed by atoms with E-state index in [4.69, 9.17) is 0 Å². The zero-order valence-electron chi connectivity index (χ0n) is 9.00. The first-order chi connectivity index (χ1) is 6.79. The smallest absolute Gasteiger partial charge is 0.0648 e. The lowest BCUT2D eigenvalue weighted by molar-refractivity contribution is 0.0365. The van der Waals surface area contributed by atoms with Crippen LogP contribution in [0.1, 0.15) is 57.8 Å². The molecule has 1 aliphatic heterocycles. The molecule has 1 heterocycles. The molecule has 1 atom stereocenters. The van der Waals surface area contributed by atoms with Crippen molar-refractivity contribution >= 4 is 11.8 Å². The Kier molecular flexibility index (Phi) is 3.78. The first-order valence-corrected chi connectivity index (χ1v) is 7.17. The van der Waals surface area contributed by atoms with Crippen LogP contribution >= 0.6 is 11.8 Å². The van der Waals surface area contributed by atoms with Crippen LogP contribution in [0.2, 0.25) is 0 Å². The van der Waals surface area contributed by atoms with Crippen molar-refractivity contribution in [1.29, 1.82) is 0 Å². The number of hydrogen-bond donors (Lipinski definition) is 1. The second kappa shape index (κ2) is 4.89. The molecule has 0 aromatic carbocycles. The van der Waals surface area contributed by atoms with Crippen LogP contribution in [0.5, 0.6) is 0 Å². The lowest BCUT2D eigenvalue weighted by atomic mass is 9.94. The Morgan fingerprint density at radius 1 is 1.14 bits per heavy atom. The standard InChI is InChI=1S/C12H22OS/c13-12(7-2-3-8-12)9-6-11-5-1-4-10-14-11/h11,13H,1-10H2. The largest absolute Gasteiger partial charge is 0.390 e. The highest BCUT2D eigenvalue weighted by molar-refractivity contribution is 7.99. The molecule has 2 aliphatic rings. The summed E-state index contributed by atoms with van der Waals surface area (Å²) in [5.74, 6) is 1.35. The summed E-state index contributed by atoms with van der Waals surface area (Å²) in [6.07, 6.45) is 11.1. The molecule has 0 bridgehead atoms. The molecule has 1 saturated carbocycles. The Morgan fingerprint density at radius 3 is 2.57 bits per heavy atom. The van der Waals surface area contributed by atoms with Gasteiger partial charge in [-0.3, -0.25) is 0 Å². The molecule has 0 aromatic heterocycles. The van der Waals surface area contributed by atoms with Gasteiger partial charge in [-0.05, 0) is 44.3 Å². The first-order valence-electron chi connectivity index (χ1n) is 6.13. The molecule has 2 fully saturated rings. The lowest BCUT2D eigenvalue weighted by Crippen LogP contribution is -2.25. The molecule has 0 amide bonds. The molecular weight excluding hydrogens is 192 g/mol.